The van der Waals surface area contributed by atoms with Crippen LogP contribution in [-0.4, -0.2) is 28.5 Å². The van der Waals surface area contributed by atoms with Crippen molar-refractivity contribution < 1.29 is 22.7 Å². The average molecular weight is 549 g/mol. The SMILES string of the molecule is COc1ccc(NS(=O)(=O)c2ccc(NC(=O)/C(=C/c3ccccc3Cl)c3ccccc3)cc2)c(OC)c1. The van der Waals surface area contributed by atoms with Crippen molar-refractivity contribution in [3.8, 4) is 11.5 Å². The van der Waals surface area contributed by atoms with Crippen molar-refractivity contribution in [3.05, 3.63) is 113 Å². The Morgan fingerprint density at radius 2 is 1.53 bits per heavy atom. The summed E-state index contributed by atoms with van der Waals surface area (Å²) in [5, 5.41) is 3.36. The van der Waals surface area contributed by atoms with Crippen LogP contribution in [0.4, 0.5) is 11.4 Å². The van der Waals surface area contributed by atoms with Crippen LogP contribution in [0.25, 0.3) is 11.6 Å². The second-order valence-electron chi connectivity index (χ2n) is 8.10. The van der Waals surface area contributed by atoms with Gasteiger partial charge in [-0.2, -0.15) is 0 Å². The molecule has 9 heteroatoms. The van der Waals surface area contributed by atoms with E-state index in [4.69, 9.17) is 21.1 Å². The fraction of sp³-hybridized carbons (Fsp3) is 0.0690. The number of carbonyl (C=O) groups excluding carboxylic acids is 1. The van der Waals surface area contributed by atoms with E-state index in [2.05, 4.69) is 10.0 Å². The van der Waals surface area contributed by atoms with Crippen molar-refractivity contribution in [3.63, 3.8) is 0 Å². The van der Waals surface area contributed by atoms with Gasteiger partial charge in [-0.1, -0.05) is 60.1 Å². The van der Waals surface area contributed by atoms with Gasteiger partial charge in [0.05, 0.1) is 24.8 Å². The minimum Gasteiger partial charge on any atom is -0.497 e. The number of hydrogen-bond donors (Lipinski definition) is 2. The Morgan fingerprint density at radius 1 is 0.842 bits per heavy atom. The maximum atomic E-state index is 13.3. The molecule has 38 heavy (non-hydrogen) atoms. The second kappa shape index (κ2) is 11.9. The van der Waals surface area contributed by atoms with Crippen molar-refractivity contribution in [2.24, 2.45) is 0 Å². The Labute approximate surface area is 226 Å². The Balaban J connectivity index is 1.56. The van der Waals surface area contributed by atoms with E-state index in [9.17, 15) is 13.2 Å². The fourth-order valence-electron chi connectivity index (χ4n) is 3.65. The smallest absolute Gasteiger partial charge is 0.262 e. The second-order valence-corrected chi connectivity index (χ2v) is 10.2. The van der Waals surface area contributed by atoms with Crippen molar-refractivity contribution in [1.82, 2.24) is 0 Å². The minimum atomic E-state index is -3.93. The zero-order valence-corrected chi connectivity index (χ0v) is 22.2. The summed E-state index contributed by atoms with van der Waals surface area (Å²) in [5.41, 5.74) is 2.51. The fourth-order valence-corrected chi connectivity index (χ4v) is 4.91. The van der Waals surface area contributed by atoms with E-state index in [-0.39, 0.29) is 16.5 Å². The van der Waals surface area contributed by atoms with Gasteiger partial charge < -0.3 is 14.8 Å². The molecule has 0 saturated carbocycles. The quantitative estimate of drug-likeness (QED) is 0.188. The number of rotatable bonds is 9. The third-order valence-electron chi connectivity index (χ3n) is 5.61. The molecule has 2 N–H and O–H groups in total. The highest BCUT2D eigenvalue weighted by Gasteiger charge is 2.18. The maximum absolute atomic E-state index is 13.3. The first-order chi connectivity index (χ1) is 18.3. The summed E-state index contributed by atoms with van der Waals surface area (Å²) in [4.78, 5) is 13.3. The van der Waals surface area contributed by atoms with Gasteiger partial charge in [0.2, 0.25) is 0 Å². The first-order valence-corrected chi connectivity index (χ1v) is 13.3. The summed E-state index contributed by atoms with van der Waals surface area (Å²) in [6.07, 6.45) is 1.72. The van der Waals surface area contributed by atoms with Gasteiger partial charge in [-0.05, 0) is 59.7 Å². The summed E-state index contributed by atoms with van der Waals surface area (Å²) >= 11 is 6.32. The number of benzene rings is 4. The summed E-state index contributed by atoms with van der Waals surface area (Å²) in [7, 11) is -0.978. The lowest BCUT2D eigenvalue weighted by Gasteiger charge is -2.14. The van der Waals surface area contributed by atoms with Crippen LogP contribution in [-0.2, 0) is 14.8 Å². The van der Waals surface area contributed by atoms with Gasteiger partial charge in [0.15, 0.2) is 0 Å². The topological polar surface area (TPSA) is 93.7 Å². The number of hydrogen-bond acceptors (Lipinski definition) is 5. The van der Waals surface area contributed by atoms with E-state index in [0.29, 0.717) is 38.9 Å². The van der Waals surface area contributed by atoms with E-state index in [0.717, 1.165) is 0 Å². The lowest BCUT2D eigenvalue weighted by molar-refractivity contribution is -0.111. The summed E-state index contributed by atoms with van der Waals surface area (Å²) in [6, 6.07) is 27.1. The number of halogens is 1. The van der Waals surface area contributed by atoms with Gasteiger partial charge in [-0.3, -0.25) is 9.52 Å². The Morgan fingerprint density at radius 3 is 2.18 bits per heavy atom. The minimum absolute atomic E-state index is 0.0169. The number of ether oxygens (including phenoxy) is 2. The third-order valence-corrected chi connectivity index (χ3v) is 7.34. The molecule has 0 fully saturated rings. The van der Waals surface area contributed by atoms with Crippen LogP contribution >= 0.6 is 11.6 Å². The number of methoxy groups -OCH3 is 2. The Hall–Kier alpha value is -4.27. The number of nitrogens with one attached hydrogen (secondary N) is 2. The van der Waals surface area contributed by atoms with Crippen molar-refractivity contribution in [2.75, 3.05) is 24.3 Å². The molecule has 0 radical (unpaired) electrons. The van der Waals surface area contributed by atoms with Gasteiger partial charge in [-0.25, -0.2) is 8.42 Å². The molecule has 4 aromatic carbocycles. The van der Waals surface area contributed by atoms with Crippen molar-refractivity contribution in [2.45, 2.75) is 4.90 Å². The van der Waals surface area contributed by atoms with Crippen LogP contribution in [0, 0.1) is 0 Å². The summed E-state index contributed by atoms with van der Waals surface area (Å²) < 4.78 is 38.9. The molecular formula is C29H25ClN2O5S. The molecule has 0 aliphatic rings. The largest absolute Gasteiger partial charge is 0.497 e. The molecule has 194 valence electrons. The average Bonchev–Trinajstić information content (AvgIpc) is 2.93. The molecule has 0 saturated heterocycles. The standard InChI is InChI=1S/C29H25ClN2O5S/c1-36-23-14-17-27(28(19-23)37-2)32-38(34,35)24-15-12-22(13-16-24)31-29(33)25(20-8-4-3-5-9-20)18-21-10-6-7-11-26(21)30/h3-19,32H,1-2H3,(H,31,33)/b25-18+. The van der Waals surface area contributed by atoms with Crippen LogP contribution in [0.2, 0.25) is 5.02 Å². The van der Waals surface area contributed by atoms with E-state index in [1.54, 1.807) is 30.3 Å². The molecule has 7 nitrogen and oxygen atoms in total. The third kappa shape index (κ3) is 6.34. The molecule has 0 heterocycles. The molecule has 4 rings (SSSR count). The van der Waals surface area contributed by atoms with E-state index in [1.165, 1.54) is 38.5 Å². The highest BCUT2D eigenvalue weighted by Crippen LogP contribution is 2.31. The van der Waals surface area contributed by atoms with Gasteiger partial charge in [-0.15, -0.1) is 0 Å². The van der Waals surface area contributed by atoms with Crippen molar-refractivity contribution in [1.29, 1.82) is 0 Å². The molecule has 0 atom stereocenters. The monoisotopic (exact) mass is 548 g/mol. The van der Waals surface area contributed by atoms with Crippen LogP contribution < -0.4 is 19.5 Å². The lowest BCUT2D eigenvalue weighted by atomic mass is 10.0. The van der Waals surface area contributed by atoms with Crippen LogP contribution in [0.15, 0.2) is 102 Å². The van der Waals surface area contributed by atoms with Crippen molar-refractivity contribution >= 4 is 50.6 Å². The number of carbonyl (C=O) groups is 1. The zero-order chi connectivity index (χ0) is 27.1. The Bertz CT molecular complexity index is 1570. The molecular weight excluding hydrogens is 524 g/mol. The molecule has 1 amide bonds. The molecule has 0 aliphatic heterocycles. The highest BCUT2D eigenvalue weighted by atomic mass is 35.5. The van der Waals surface area contributed by atoms with Crippen LogP contribution in [0.1, 0.15) is 11.1 Å². The first-order valence-electron chi connectivity index (χ1n) is 11.5. The van der Waals surface area contributed by atoms with E-state index < -0.39 is 10.0 Å². The van der Waals surface area contributed by atoms with E-state index in [1.807, 2.05) is 48.5 Å². The maximum Gasteiger partial charge on any atom is 0.262 e. The Kier molecular flexibility index (Phi) is 8.35. The molecule has 4 aromatic rings. The van der Waals surface area contributed by atoms with Gasteiger partial charge in [0.1, 0.15) is 11.5 Å². The lowest BCUT2D eigenvalue weighted by Crippen LogP contribution is -2.15. The predicted molar refractivity (Wildman–Crippen MR) is 151 cm³/mol. The zero-order valence-electron chi connectivity index (χ0n) is 20.6. The normalized spacial score (nSPS) is 11.5. The molecule has 0 aromatic heterocycles. The highest BCUT2D eigenvalue weighted by molar-refractivity contribution is 7.92. The van der Waals surface area contributed by atoms with Crippen LogP contribution in [0.3, 0.4) is 0 Å². The number of sulfonamides is 1. The number of anilines is 2. The van der Waals surface area contributed by atoms with Gasteiger partial charge >= 0.3 is 0 Å². The molecule has 0 aliphatic carbocycles. The van der Waals surface area contributed by atoms with Gasteiger partial charge in [0, 0.05) is 22.3 Å². The predicted octanol–water partition coefficient (Wildman–Crippen LogP) is 6.34. The molecule has 0 bridgehead atoms. The van der Waals surface area contributed by atoms with Gasteiger partial charge in [0.25, 0.3) is 15.9 Å². The van der Waals surface area contributed by atoms with E-state index >= 15 is 0 Å². The first kappa shape index (κ1) is 26.8. The summed E-state index contributed by atoms with van der Waals surface area (Å²) in [5.74, 6) is 0.478. The molecule has 0 unspecified atom stereocenters. The molecule has 0 spiro atoms. The summed E-state index contributed by atoms with van der Waals surface area (Å²) in [6.45, 7) is 0. The van der Waals surface area contributed by atoms with Crippen LogP contribution in [0.5, 0.6) is 11.5 Å². The number of amides is 1.